The van der Waals surface area contributed by atoms with Crippen LogP contribution in [0.25, 0.3) is 6.08 Å². The van der Waals surface area contributed by atoms with E-state index >= 15 is 0 Å². The van der Waals surface area contributed by atoms with Gasteiger partial charge in [0.1, 0.15) is 5.60 Å². The highest BCUT2D eigenvalue weighted by Gasteiger charge is 2.29. The molecule has 3 aliphatic rings. The fraction of sp³-hybridized carbons (Fsp3) is 0.714. The molecule has 2 aliphatic heterocycles. The molecule has 10 heteroatoms. The zero-order valence-corrected chi connectivity index (χ0v) is 23.0. The lowest BCUT2D eigenvalue weighted by atomic mass is 9.89. The Morgan fingerprint density at radius 3 is 2.66 bits per heavy atom. The van der Waals surface area contributed by atoms with Crippen LogP contribution in [0.3, 0.4) is 0 Å². The van der Waals surface area contributed by atoms with Gasteiger partial charge in [-0.3, -0.25) is 10.1 Å². The van der Waals surface area contributed by atoms with E-state index in [1.54, 1.807) is 33.0 Å². The molecule has 1 aliphatic carbocycles. The molecule has 210 valence electrons. The maximum Gasteiger partial charge on any atom is 0.414 e. The number of carbonyl (C=O) groups is 2. The standard InChI is InChI=1S/C28H43N5O5/c1-28(2,3)37-27(35)31-26-29-17-21(12-13-23(34)32-38-24-11-7-8-16-36-24)25(30-26)22-14-15-33(19-22)18-20-9-5-4-6-10-20/h12-13,17,20,22,24H,4-11,14-16,18-19H2,1-3H3,(H,32,34)(H,29,30,31,35)/b13-12+/t22-,24?/m1/s1. The van der Waals surface area contributed by atoms with E-state index in [-0.39, 0.29) is 17.8 Å². The molecule has 10 nitrogen and oxygen atoms in total. The summed E-state index contributed by atoms with van der Waals surface area (Å²) in [6.07, 6.45) is 14.2. The number of hydrogen-bond donors (Lipinski definition) is 2. The number of likely N-dealkylation sites (tertiary alicyclic amines) is 1. The van der Waals surface area contributed by atoms with Gasteiger partial charge < -0.3 is 14.4 Å². The number of hydroxylamine groups is 1. The highest BCUT2D eigenvalue weighted by molar-refractivity contribution is 5.91. The van der Waals surface area contributed by atoms with Gasteiger partial charge in [-0.05, 0) is 71.4 Å². The summed E-state index contributed by atoms with van der Waals surface area (Å²) in [5.41, 5.74) is 3.38. The van der Waals surface area contributed by atoms with Gasteiger partial charge in [0.15, 0.2) is 6.29 Å². The second kappa shape index (κ2) is 13.5. The molecule has 1 aromatic heterocycles. The number of amides is 2. The summed E-state index contributed by atoms with van der Waals surface area (Å²) in [6.45, 7) is 9.09. The Bertz CT molecular complexity index is 967. The summed E-state index contributed by atoms with van der Waals surface area (Å²) < 4.78 is 10.9. The molecule has 2 saturated heterocycles. The Hall–Kier alpha value is -2.56. The largest absolute Gasteiger partial charge is 0.444 e. The molecule has 3 fully saturated rings. The molecule has 0 spiro atoms. The van der Waals surface area contributed by atoms with Crippen LogP contribution in [0.2, 0.25) is 0 Å². The number of nitrogens with one attached hydrogen (secondary N) is 2. The first-order valence-electron chi connectivity index (χ1n) is 14.1. The summed E-state index contributed by atoms with van der Waals surface area (Å²) in [5, 5.41) is 2.65. The topological polar surface area (TPSA) is 115 Å². The highest BCUT2D eigenvalue weighted by Crippen LogP contribution is 2.32. The first kappa shape index (κ1) is 28.4. The summed E-state index contributed by atoms with van der Waals surface area (Å²) in [4.78, 5) is 41.7. The predicted molar refractivity (Wildman–Crippen MR) is 144 cm³/mol. The van der Waals surface area contributed by atoms with Crippen molar-refractivity contribution in [2.75, 3.05) is 31.6 Å². The van der Waals surface area contributed by atoms with Gasteiger partial charge in [0.2, 0.25) is 5.95 Å². The fourth-order valence-electron chi connectivity index (χ4n) is 5.40. The molecule has 1 saturated carbocycles. The Balaban J connectivity index is 1.43. The van der Waals surface area contributed by atoms with Crippen molar-refractivity contribution < 1.29 is 23.9 Å². The Labute approximate surface area is 225 Å². The number of ether oxygens (including phenoxy) is 2. The minimum atomic E-state index is -0.626. The van der Waals surface area contributed by atoms with E-state index in [0.717, 1.165) is 62.5 Å². The van der Waals surface area contributed by atoms with E-state index in [4.69, 9.17) is 19.3 Å². The van der Waals surface area contributed by atoms with Crippen LogP contribution in [0.4, 0.5) is 10.7 Å². The van der Waals surface area contributed by atoms with Gasteiger partial charge in [0, 0.05) is 49.9 Å². The SMILES string of the molecule is CC(C)(C)OC(=O)Nc1ncc(/C=C/C(=O)NOC2CCCCO2)c([C@@H]2CCN(CC3CCCCC3)C2)n1. The third-order valence-electron chi connectivity index (χ3n) is 7.20. The van der Waals surface area contributed by atoms with Crippen molar-refractivity contribution in [1.29, 1.82) is 0 Å². The third kappa shape index (κ3) is 9.03. The fourth-order valence-corrected chi connectivity index (χ4v) is 5.40. The smallest absolute Gasteiger partial charge is 0.414 e. The van der Waals surface area contributed by atoms with Gasteiger partial charge in [-0.1, -0.05) is 19.3 Å². The lowest BCUT2D eigenvalue weighted by Crippen LogP contribution is -2.32. The average Bonchev–Trinajstić information content (AvgIpc) is 3.35. The number of nitrogens with zero attached hydrogens (tertiary/aromatic N) is 3. The van der Waals surface area contributed by atoms with Crippen LogP contribution >= 0.6 is 0 Å². The quantitative estimate of drug-likeness (QED) is 0.365. The van der Waals surface area contributed by atoms with Crippen LogP contribution in [0.5, 0.6) is 0 Å². The number of anilines is 1. The first-order chi connectivity index (χ1) is 18.2. The second-order valence-corrected chi connectivity index (χ2v) is 11.6. The molecule has 38 heavy (non-hydrogen) atoms. The molecular formula is C28H43N5O5. The van der Waals surface area contributed by atoms with Gasteiger partial charge >= 0.3 is 6.09 Å². The van der Waals surface area contributed by atoms with E-state index < -0.39 is 18.0 Å². The van der Waals surface area contributed by atoms with Crippen molar-refractivity contribution in [3.8, 4) is 0 Å². The zero-order valence-electron chi connectivity index (χ0n) is 23.0. The second-order valence-electron chi connectivity index (χ2n) is 11.6. The van der Waals surface area contributed by atoms with E-state index in [0.29, 0.717) is 6.61 Å². The number of rotatable bonds is 8. The van der Waals surface area contributed by atoms with Crippen molar-refractivity contribution in [3.63, 3.8) is 0 Å². The van der Waals surface area contributed by atoms with Crippen molar-refractivity contribution in [2.24, 2.45) is 5.92 Å². The molecule has 1 unspecified atom stereocenters. The van der Waals surface area contributed by atoms with Crippen LogP contribution in [-0.4, -0.2) is 65.0 Å². The molecule has 1 aromatic rings. The lowest BCUT2D eigenvalue weighted by Gasteiger charge is -2.26. The van der Waals surface area contributed by atoms with Crippen LogP contribution in [0, 0.1) is 5.92 Å². The molecular weight excluding hydrogens is 486 g/mol. The molecule has 2 atom stereocenters. The van der Waals surface area contributed by atoms with Gasteiger partial charge in [-0.2, -0.15) is 0 Å². The van der Waals surface area contributed by atoms with Crippen LogP contribution < -0.4 is 10.8 Å². The monoisotopic (exact) mass is 529 g/mol. The van der Waals surface area contributed by atoms with Crippen LogP contribution in [-0.2, 0) is 19.1 Å². The number of aromatic nitrogens is 2. The van der Waals surface area contributed by atoms with E-state index in [1.807, 2.05) is 0 Å². The van der Waals surface area contributed by atoms with Crippen molar-refractivity contribution >= 4 is 24.0 Å². The minimum Gasteiger partial charge on any atom is -0.444 e. The van der Waals surface area contributed by atoms with E-state index in [2.05, 4.69) is 20.7 Å². The third-order valence-corrected chi connectivity index (χ3v) is 7.20. The minimum absolute atomic E-state index is 0.176. The molecule has 0 bridgehead atoms. The van der Waals surface area contributed by atoms with Crippen molar-refractivity contribution in [1.82, 2.24) is 20.3 Å². The van der Waals surface area contributed by atoms with Gasteiger partial charge in [-0.25, -0.2) is 25.1 Å². The molecule has 0 aromatic carbocycles. The Morgan fingerprint density at radius 2 is 1.92 bits per heavy atom. The number of hydrogen-bond acceptors (Lipinski definition) is 8. The van der Waals surface area contributed by atoms with Gasteiger partial charge in [-0.15, -0.1) is 0 Å². The molecule has 4 rings (SSSR count). The van der Waals surface area contributed by atoms with Crippen molar-refractivity contribution in [3.05, 3.63) is 23.5 Å². The molecule has 2 amide bonds. The normalized spacial score (nSPS) is 23.4. The van der Waals surface area contributed by atoms with E-state index in [9.17, 15) is 9.59 Å². The van der Waals surface area contributed by atoms with E-state index in [1.165, 1.54) is 38.2 Å². The zero-order chi connectivity index (χ0) is 27.0. The van der Waals surface area contributed by atoms with Gasteiger partial charge in [0.05, 0.1) is 5.69 Å². The molecule has 3 heterocycles. The van der Waals surface area contributed by atoms with Crippen LogP contribution in [0.15, 0.2) is 12.3 Å². The summed E-state index contributed by atoms with van der Waals surface area (Å²) in [6, 6.07) is 0. The number of carbonyl (C=O) groups excluding carboxylic acids is 2. The maximum atomic E-state index is 12.4. The Kier molecular flexibility index (Phi) is 10.1. The highest BCUT2D eigenvalue weighted by atomic mass is 16.8. The van der Waals surface area contributed by atoms with Crippen molar-refractivity contribution in [2.45, 2.75) is 96.4 Å². The average molecular weight is 530 g/mol. The Morgan fingerprint density at radius 1 is 1.13 bits per heavy atom. The summed E-state index contributed by atoms with van der Waals surface area (Å²) in [5.74, 6) is 0.759. The lowest BCUT2D eigenvalue weighted by molar-refractivity contribution is -0.198. The van der Waals surface area contributed by atoms with Crippen LogP contribution in [0.1, 0.15) is 95.7 Å². The maximum absolute atomic E-state index is 12.4. The molecule has 2 N–H and O–H groups in total. The molecule has 0 radical (unpaired) electrons. The predicted octanol–water partition coefficient (Wildman–Crippen LogP) is 4.78. The summed E-state index contributed by atoms with van der Waals surface area (Å²) >= 11 is 0. The first-order valence-corrected chi connectivity index (χ1v) is 14.1. The van der Waals surface area contributed by atoms with Gasteiger partial charge in [0.25, 0.3) is 5.91 Å². The summed E-state index contributed by atoms with van der Waals surface area (Å²) in [7, 11) is 0.